The molecule has 1 fully saturated rings. The van der Waals surface area contributed by atoms with E-state index in [1.54, 1.807) is 0 Å². The van der Waals surface area contributed by atoms with Crippen LogP contribution in [0.4, 0.5) is 0 Å². The first-order valence-corrected chi connectivity index (χ1v) is 5.19. The Bertz CT molecular complexity index is 554. The van der Waals surface area contributed by atoms with E-state index in [1.807, 2.05) is 6.07 Å². The Hall–Kier alpha value is -1.17. The monoisotopic (exact) mass is 254 g/mol. The summed E-state index contributed by atoms with van der Waals surface area (Å²) in [5.74, 6) is 0.543. The van der Waals surface area contributed by atoms with E-state index in [4.69, 9.17) is 0 Å². The molecule has 1 aliphatic rings. The standard InChI is InChI=1S/C8H7BrN4O/c9-8-11-10-7(14)6-3-5(4-1-2-4)12-13(6)8/h3-4H,1-2H2,(H,10,14). The van der Waals surface area contributed by atoms with Crippen molar-refractivity contribution in [2.45, 2.75) is 18.8 Å². The van der Waals surface area contributed by atoms with Crippen molar-refractivity contribution in [3.63, 3.8) is 0 Å². The summed E-state index contributed by atoms with van der Waals surface area (Å²) in [4.78, 5) is 11.4. The molecule has 2 heterocycles. The molecule has 0 aromatic carbocycles. The van der Waals surface area contributed by atoms with Gasteiger partial charge < -0.3 is 0 Å². The highest BCUT2D eigenvalue weighted by atomic mass is 79.9. The second-order valence-corrected chi connectivity index (χ2v) is 4.17. The number of hydrogen-bond acceptors (Lipinski definition) is 3. The summed E-state index contributed by atoms with van der Waals surface area (Å²) in [7, 11) is 0. The van der Waals surface area contributed by atoms with Crippen molar-refractivity contribution in [1.82, 2.24) is 19.8 Å². The summed E-state index contributed by atoms with van der Waals surface area (Å²) in [6.45, 7) is 0. The van der Waals surface area contributed by atoms with Crippen molar-refractivity contribution in [3.05, 3.63) is 26.8 Å². The average molecular weight is 255 g/mol. The van der Waals surface area contributed by atoms with Gasteiger partial charge in [-0.05, 0) is 34.8 Å². The van der Waals surface area contributed by atoms with E-state index in [2.05, 4.69) is 31.2 Å². The van der Waals surface area contributed by atoms with Gasteiger partial charge in [-0.3, -0.25) is 4.79 Å². The zero-order valence-corrected chi connectivity index (χ0v) is 8.78. The molecule has 0 bridgehead atoms. The van der Waals surface area contributed by atoms with E-state index in [0.29, 0.717) is 16.2 Å². The zero-order valence-electron chi connectivity index (χ0n) is 7.20. The Labute approximate surface area is 87.3 Å². The third-order valence-electron chi connectivity index (χ3n) is 2.38. The second-order valence-electron chi connectivity index (χ2n) is 3.46. The number of fused-ring (bicyclic) bond motifs is 1. The minimum absolute atomic E-state index is 0.201. The summed E-state index contributed by atoms with van der Waals surface area (Å²) < 4.78 is 2.06. The predicted octanol–water partition coefficient (Wildman–Crippen LogP) is 1.06. The topological polar surface area (TPSA) is 63.0 Å². The quantitative estimate of drug-likeness (QED) is 0.828. The molecule has 2 aromatic heterocycles. The van der Waals surface area contributed by atoms with E-state index < -0.39 is 0 Å². The number of H-pyrrole nitrogens is 1. The molecule has 0 aliphatic heterocycles. The SMILES string of the molecule is O=c1[nH]nc(Br)n2nc(C3CC3)cc12. The van der Waals surface area contributed by atoms with Crippen LogP contribution in [0.1, 0.15) is 24.5 Å². The summed E-state index contributed by atoms with van der Waals surface area (Å²) in [5.41, 5.74) is 1.34. The Kier molecular flexibility index (Phi) is 1.55. The van der Waals surface area contributed by atoms with Gasteiger partial charge in [-0.25, -0.2) is 9.61 Å². The molecule has 5 nitrogen and oxygen atoms in total. The van der Waals surface area contributed by atoms with E-state index in [9.17, 15) is 4.79 Å². The van der Waals surface area contributed by atoms with Crippen LogP contribution in [0.3, 0.4) is 0 Å². The van der Waals surface area contributed by atoms with Crippen molar-refractivity contribution in [3.8, 4) is 0 Å². The van der Waals surface area contributed by atoms with Gasteiger partial charge in [0, 0.05) is 5.92 Å². The van der Waals surface area contributed by atoms with Crippen LogP contribution in [-0.2, 0) is 0 Å². The fourth-order valence-electron chi connectivity index (χ4n) is 1.48. The van der Waals surface area contributed by atoms with Gasteiger partial charge in [0.15, 0.2) is 0 Å². The summed E-state index contributed by atoms with van der Waals surface area (Å²) >= 11 is 3.23. The Morgan fingerprint density at radius 3 is 3.00 bits per heavy atom. The molecule has 1 N–H and O–H groups in total. The molecule has 0 atom stereocenters. The van der Waals surface area contributed by atoms with E-state index in [1.165, 1.54) is 17.4 Å². The smallest absolute Gasteiger partial charge is 0.266 e. The van der Waals surface area contributed by atoms with Gasteiger partial charge in [0.2, 0.25) is 4.73 Å². The largest absolute Gasteiger partial charge is 0.290 e. The molecule has 14 heavy (non-hydrogen) atoms. The maximum absolute atomic E-state index is 11.4. The third-order valence-corrected chi connectivity index (χ3v) is 2.89. The maximum Gasteiger partial charge on any atom is 0.290 e. The first-order valence-electron chi connectivity index (χ1n) is 4.39. The molecular weight excluding hydrogens is 248 g/mol. The number of hydrogen-bond donors (Lipinski definition) is 1. The van der Waals surface area contributed by atoms with Crippen molar-refractivity contribution in [2.24, 2.45) is 0 Å². The number of nitrogens with one attached hydrogen (secondary N) is 1. The highest BCUT2D eigenvalue weighted by Crippen LogP contribution is 2.39. The molecule has 1 saturated carbocycles. The summed E-state index contributed by atoms with van der Waals surface area (Å²) in [5, 5.41) is 10.5. The Morgan fingerprint density at radius 1 is 1.57 bits per heavy atom. The molecule has 0 spiro atoms. The van der Waals surface area contributed by atoms with Crippen LogP contribution in [0.15, 0.2) is 15.6 Å². The Morgan fingerprint density at radius 2 is 2.36 bits per heavy atom. The number of aromatic amines is 1. The lowest BCUT2D eigenvalue weighted by molar-refractivity contribution is 0.793. The minimum Gasteiger partial charge on any atom is -0.266 e. The minimum atomic E-state index is -0.201. The molecule has 0 saturated heterocycles. The van der Waals surface area contributed by atoms with Crippen LogP contribution in [0.5, 0.6) is 0 Å². The molecule has 0 amide bonds. The predicted molar refractivity (Wildman–Crippen MR) is 53.3 cm³/mol. The van der Waals surface area contributed by atoms with E-state index in [0.717, 1.165) is 5.69 Å². The maximum atomic E-state index is 11.4. The molecule has 72 valence electrons. The van der Waals surface area contributed by atoms with Gasteiger partial charge in [-0.15, -0.1) is 5.10 Å². The fraction of sp³-hybridized carbons (Fsp3) is 0.375. The van der Waals surface area contributed by atoms with Crippen molar-refractivity contribution >= 4 is 21.4 Å². The van der Waals surface area contributed by atoms with Crippen LogP contribution in [0.25, 0.3) is 5.52 Å². The van der Waals surface area contributed by atoms with E-state index in [-0.39, 0.29) is 5.56 Å². The molecule has 0 unspecified atom stereocenters. The zero-order chi connectivity index (χ0) is 9.71. The van der Waals surface area contributed by atoms with Gasteiger partial charge in [0.05, 0.1) is 5.69 Å². The lowest BCUT2D eigenvalue weighted by Crippen LogP contribution is -2.12. The van der Waals surface area contributed by atoms with Gasteiger partial charge in [0.25, 0.3) is 5.56 Å². The lowest BCUT2D eigenvalue weighted by atomic mass is 10.3. The summed E-state index contributed by atoms with van der Waals surface area (Å²) in [6, 6.07) is 1.84. The molecule has 0 radical (unpaired) electrons. The van der Waals surface area contributed by atoms with Gasteiger partial charge in [0.1, 0.15) is 5.52 Å². The van der Waals surface area contributed by atoms with Gasteiger partial charge >= 0.3 is 0 Å². The molecule has 1 aliphatic carbocycles. The second kappa shape index (κ2) is 2.66. The average Bonchev–Trinajstić information content (AvgIpc) is 2.92. The van der Waals surface area contributed by atoms with Crippen LogP contribution in [0, 0.1) is 0 Å². The fourth-order valence-corrected chi connectivity index (χ4v) is 1.84. The first-order chi connectivity index (χ1) is 6.75. The van der Waals surface area contributed by atoms with Crippen LogP contribution >= 0.6 is 15.9 Å². The lowest BCUT2D eigenvalue weighted by Gasteiger charge is -1.92. The number of aromatic nitrogens is 4. The van der Waals surface area contributed by atoms with Crippen molar-refractivity contribution in [1.29, 1.82) is 0 Å². The molecule has 6 heteroatoms. The number of halogens is 1. The van der Waals surface area contributed by atoms with Crippen molar-refractivity contribution < 1.29 is 0 Å². The first kappa shape index (κ1) is 8.16. The molecule has 3 rings (SSSR count). The van der Waals surface area contributed by atoms with Crippen LogP contribution in [0.2, 0.25) is 0 Å². The van der Waals surface area contributed by atoms with Crippen LogP contribution in [-0.4, -0.2) is 19.8 Å². The molecular formula is C8H7BrN4O. The number of nitrogens with zero attached hydrogens (tertiary/aromatic N) is 3. The number of rotatable bonds is 1. The Balaban J connectivity index is 2.35. The summed E-state index contributed by atoms with van der Waals surface area (Å²) in [6.07, 6.45) is 2.35. The van der Waals surface area contributed by atoms with Crippen LogP contribution < -0.4 is 5.56 Å². The highest BCUT2D eigenvalue weighted by molar-refractivity contribution is 9.10. The van der Waals surface area contributed by atoms with Gasteiger partial charge in [-0.1, -0.05) is 0 Å². The van der Waals surface area contributed by atoms with Crippen molar-refractivity contribution in [2.75, 3.05) is 0 Å². The van der Waals surface area contributed by atoms with Gasteiger partial charge in [-0.2, -0.15) is 5.10 Å². The third kappa shape index (κ3) is 1.10. The normalized spacial score (nSPS) is 16.4. The van der Waals surface area contributed by atoms with E-state index >= 15 is 0 Å². The highest BCUT2D eigenvalue weighted by Gasteiger charge is 2.27. The molecule has 2 aromatic rings.